The summed E-state index contributed by atoms with van der Waals surface area (Å²) in [5.74, 6) is -1.23. The van der Waals surface area contributed by atoms with Crippen LogP contribution in [0.5, 0.6) is 0 Å². The van der Waals surface area contributed by atoms with Gasteiger partial charge in [-0.2, -0.15) is 0 Å². The van der Waals surface area contributed by atoms with Crippen molar-refractivity contribution in [2.75, 3.05) is 10.6 Å². The molecule has 1 aromatic heterocycles. The number of nitrogens with zero attached hydrogens (tertiary/aromatic N) is 1. The number of nitrogens with one attached hydrogen (secondary N) is 2. The second-order valence-electron chi connectivity index (χ2n) is 7.15. The fourth-order valence-corrected chi connectivity index (χ4v) is 3.68. The Balaban J connectivity index is 1.62. The highest BCUT2D eigenvalue weighted by Crippen LogP contribution is 2.31. The molecule has 0 aliphatic heterocycles. The summed E-state index contributed by atoms with van der Waals surface area (Å²) in [4.78, 5) is 28.6. The molecule has 2 amide bonds. The van der Waals surface area contributed by atoms with Gasteiger partial charge in [-0.05, 0) is 55.8 Å². The van der Waals surface area contributed by atoms with Gasteiger partial charge in [0.05, 0.1) is 15.3 Å². The largest absolute Gasteiger partial charge is 0.481 e. The fourth-order valence-electron chi connectivity index (χ4n) is 2.52. The molecular weight excluding hydrogens is 393 g/mol. The first-order valence-electron chi connectivity index (χ1n) is 8.85. The van der Waals surface area contributed by atoms with Crippen molar-refractivity contribution in [3.05, 3.63) is 65.6 Å². The predicted molar refractivity (Wildman–Crippen MR) is 112 cm³/mol. The highest BCUT2D eigenvalue weighted by atomic mass is 32.1. The van der Waals surface area contributed by atoms with E-state index in [-0.39, 0.29) is 5.82 Å². The molecule has 0 radical (unpaired) electrons. The third kappa shape index (κ3) is 5.39. The van der Waals surface area contributed by atoms with E-state index in [1.807, 2.05) is 12.1 Å². The minimum absolute atomic E-state index is 0.357. The summed E-state index contributed by atoms with van der Waals surface area (Å²) in [6, 6.07) is 12.3. The minimum atomic E-state index is -0.874. The smallest absolute Gasteiger partial charge is 0.323 e. The molecule has 0 spiro atoms. The molecule has 0 saturated heterocycles. The molecule has 6 nitrogen and oxygen atoms in total. The molecule has 0 saturated carbocycles. The number of amides is 2. The second kappa shape index (κ2) is 8.40. The number of hydrogen-bond acceptors (Lipinski definition) is 4. The summed E-state index contributed by atoms with van der Waals surface area (Å²) in [6.07, 6.45) is 2.08. The number of carbonyl (C=O) groups excluding carboxylic acids is 1. The van der Waals surface area contributed by atoms with E-state index < -0.39 is 17.4 Å². The molecule has 0 fully saturated rings. The number of hydrogen-bond donors (Lipinski definition) is 3. The number of carbonyl (C=O) groups is 2. The number of aromatic nitrogens is 1. The van der Waals surface area contributed by atoms with Crippen LogP contribution in [0.15, 0.2) is 54.7 Å². The van der Waals surface area contributed by atoms with Gasteiger partial charge in [-0.25, -0.2) is 14.2 Å². The molecule has 0 atom stereocenters. The molecule has 3 N–H and O–H groups in total. The Hall–Kier alpha value is -3.26. The Kier molecular flexibility index (Phi) is 5.93. The predicted octanol–water partition coefficient (Wildman–Crippen LogP) is 5.25. The van der Waals surface area contributed by atoms with Gasteiger partial charge in [-0.3, -0.25) is 4.79 Å². The van der Waals surface area contributed by atoms with Gasteiger partial charge in [0.25, 0.3) is 0 Å². The molecule has 0 aliphatic carbocycles. The molecule has 8 heteroatoms. The Bertz CT molecular complexity index is 1010. The summed E-state index contributed by atoms with van der Waals surface area (Å²) >= 11 is 1.45. The van der Waals surface area contributed by atoms with Crippen LogP contribution in [0.3, 0.4) is 0 Å². The van der Waals surface area contributed by atoms with Crippen molar-refractivity contribution in [3.8, 4) is 10.4 Å². The van der Waals surface area contributed by atoms with Crippen LogP contribution in [0.25, 0.3) is 10.4 Å². The highest BCUT2D eigenvalue weighted by molar-refractivity contribution is 7.15. The number of carboxylic acids is 1. The zero-order valence-electron chi connectivity index (χ0n) is 15.9. The van der Waals surface area contributed by atoms with Crippen LogP contribution in [0.1, 0.15) is 18.9 Å². The first-order chi connectivity index (χ1) is 13.7. The van der Waals surface area contributed by atoms with Gasteiger partial charge in [0.15, 0.2) is 0 Å². The number of halogens is 1. The van der Waals surface area contributed by atoms with Crippen molar-refractivity contribution in [2.45, 2.75) is 20.3 Å². The third-order valence-corrected chi connectivity index (χ3v) is 5.30. The van der Waals surface area contributed by atoms with E-state index in [0.29, 0.717) is 17.8 Å². The van der Waals surface area contributed by atoms with E-state index in [1.165, 1.54) is 35.6 Å². The van der Waals surface area contributed by atoms with E-state index in [4.69, 9.17) is 0 Å². The van der Waals surface area contributed by atoms with Crippen molar-refractivity contribution in [2.24, 2.45) is 5.41 Å². The number of thiazole rings is 1. The van der Waals surface area contributed by atoms with Crippen LogP contribution in [-0.2, 0) is 11.2 Å². The average Bonchev–Trinajstić information content (AvgIpc) is 3.12. The molecule has 1 heterocycles. The lowest BCUT2D eigenvalue weighted by Crippen LogP contribution is -2.26. The normalized spacial score (nSPS) is 11.1. The number of benzene rings is 2. The third-order valence-electron chi connectivity index (χ3n) is 4.26. The molecule has 3 aromatic rings. The number of rotatable bonds is 6. The average molecular weight is 413 g/mol. The van der Waals surface area contributed by atoms with Gasteiger partial charge in [-0.15, -0.1) is 11.3 Å². The Morgan fingerprint density at radius 1 is 1.03 bits per heavy atom. The minimum Gasteiger partial charge on any atom is -0.481 e. The standard InChI is InChI=1S/C21H20FN3O3S/c1-21(2,19(26)27)11-18-23-12-17(29-18)13-3-7-15(8-4-13)24-20(28)25-16-9-5-14(22)6-10-16/h3-10,12H,11H2,1-2H3,(H,26,27)(H2,24,25,28). The van der Waals surface area contributed by atoms with Gasteiger partial charge in [0.1, 0.15) is 5.82 Å². The summed E-state index contributed by atoms with van der Waals surface area (Å²) in [6.45, 7) is 3.35. The lowest BCUT2D eigenvalue weighted by Gasteiger charge is -2.16. The van der Waals surface area contributed by atoms with Crippen LogP contribution in [-0.4, -0.2) is 22.1 Å². The first-order valence-corrected chi connectivity index (χ1v) is 9.67. The number of urea groups is 1. The fraction of sp³-hybridized carbons (Fsp3) is 0.190. The molecule has 0 bridgehead atoms. The van der Waals surface area contributed by atoms with E-state index in [2.05, 4.69) is 15.6 Å². The molecule has 0 aliphatic rings. The highest BCUT2D eigenvalue weighted by Gasteiger charge is 2.28. The molecule has 2 aromatic carbocycles. The van der Waals surface area contributed by atoms with Gasteiger partial charge in [0, 0.05) is 24.0 Å². The first kappa shape index (κ1) is 20.5. The maximum Gasteiger partial charge on any atom is 0.323 e. The lowest BCUT2D eigenvalue weighted by atomic mass is 9.90. The summed E-state index contributed by atoms with van der Waals surface area (Å²) in [5.41, 5.74) is 1.14. The summed E-state index contributed by atoms with van der Waals surface area (Å²) in [5, 5.41) is 15.3. The van der Waals surface area contributed by atoms with Crippen LogP contribution in [0.2, 0.25) is 0 Å². The molecule has 29 heavy (non-hydrogen) atoms. The van der Waals surface area contributed by atoms with E-state index in [1.54, 1.807) is 32.2 Å². The topological polar surface area (TPSA) is 91.3 Å². The van der Waals surface area contributed by atoms with Gasteiger partial charge >= 0.3 is 12.0 Å². The van der Waals surface area contributed by atoms with E-state index in [0.717, 1.165) is 15.4 Å². The monoisotopic (exact) mass is 413 g/mol. The molecular formula is C21H20FN3O3S. The number of aliphatic carboxylic acids is 1. The SMILES string of the molecule is CC(C)(Cc1ncc(-c2ccc(NC(=O)Nc3ccc(F)cc3)cc2)s1)C(=O)O. The second-order valence-corrected chi connectivity index (χ2v) is 8.26. The van der Waals surface area contributed by atoms with Crippen molar-refractivity contribution < 1.29 is 19.1 Å². The Morgan fingerprint density at radius 2 is 1.59 bits per heavy atom. The maximum atomic E-state index is 12.9. The van der Waals surface area contributed by atoms with Gasteiger partial charge < -0.3 is 15.7 Å². The zero-order valence-corrected chi connectivity index (χ0v) is 16.7. The quantitative estimate of drug-likeness (QED) is 0.515. The summed E-state index contributed by atoms with van der Waals surface area (Å²) in [7, 11) is 0. The van der Waals surface area contributed by atoms with Crippen molar-refractivity contribution in [1.82, 2.24) is 4.98 Å². The molecule has 3 rings (SSSR count). The molecule has 150 valence electrons. The van der Waals surface area contributed by atoms with Crippen LogP contribution < -0.4 is 10.6 Å². The Labute approximate surface area is 171 Å². The van der Waals surface area contributed by atoms with Crippen molar-refractivity contribution in [3.63, 3.8) is 0 Å². The van der Waals surface area contributed by atoms with Crippen LogP contribution in [0.4, 0.5) is 20.6 Å². The van der Waals surface area contributed by atoms with Crippen molar-refractivity contribution in [1.29, 1.82) is 0 Å². The van der Waals surface area contributed by atoms with Crippen molar-refractivity contribution >= 4 is 34.7 Å². The number of carboxylic acid groups (broad SMARTS) is 1. The number of anilines is 2. The zero-order chi connectivity index (χ0) is 21.0. The van der Waals surface area contributed by atoms with Crippen LogP contribution in [0, 0.1) is 11.2 Å². The van der Waals surface area contributed by atoms with Gasteiger partial charge in [0.2, 0.25) is 0 Å². The van der Waals surface area contributed by atoms with E-state index in [9.17, 15) is 19.1 Å². The maximum absolute atomic E-state index is 12.9. The molecule has 0 unspecified atom stereocenters. The summed E-state index contributed by atoms with van der Waals surface area (Å²) < 4.78 is 12.9. The van der Waals surface area contributed by atoms with Crippen LogP contribution >= 0.6 is 11.3 Å². The van der Waals surface area contributed by atoms with E-state index >= 15 is 0 Å². The lowest BCUT2D eigenvalue weighted by molar-refractivity contribution is -0.146. The Morgan fingerprint density at radius 3 is 2.14 bits per heavy atom. The van der Waals surface area contributed by atoms with Gasteiger partial charge in [-0.1, -0.05) is 12.1 Å².